The predicted molar refractivity (Wildman–Crippen MR) is 270 cm³/mol. The van der Waals surface area contributed by atoms with E-state index in [-0.39, 0.29) is 0 Å². The summed E-state index contributed by atoms with van der Waals surface area (Å²) in [6.07, 6.45) is 0. The molecular weight excluding hydrogens is 799 g/mol. The molecule has 0 spiro atoms. The highest BCUT2D eigenvalue weighted by molar-refractivity contribution is 7.25. The topological polar surface area (TPSA) is 29.5 Å². The molecule has 13 rings (SSSR count). The largest absolute Gasteiger partial charge is 0.456 e. The number of thiophene rings is 1. The number of hydrogen-bond acceptors (Lipinski definition) is 4. The molecule has 3 aromatic heterocycles. The third kappa shape index (κ3) is 5.95. The number of furan rings is 2. The highest BCUT2D eigenvalue weighted by Gasteiger charge is 2.27. The van der Waals surface area contributed by atoms with Crippen LogP contribution in [0.5, 0.6) is 0 Å². The molecule has 0 fully saturated rings. The summed E-state index contributed by atoms with van der Waals surface area (Å²) >= 11 is 1.84. The van der Waals surface area contributed by atoms with E-state index < -0.39 is 0 Å². The highest BCUT2D eigenvalue weighted by atomic mass is 32.1. The SMILES string of the molecule is c1ccc(-c2ccc3c(c2)oc2cc(-c4ccccc4)cc(N(c4ccc5sc6ccccc6c5c4)c4ccc(-c5ccccc5)c5oc6cc(-c7ccccc7)ccc6c45)c23)cc1. The van der Waals surface area contributed by atoms with Crippen molar-refractivity contribution < 1.29 is 8.83 Å². The minimum atomic E-state index is 0.824. The van der Waals surface area contributed by atoms with Gasteiger partial charge in [-0.3, -0.25) is 0 Å². The molecule has 13 aromatic rings. The maximum Gasteiger partial charge on any atom is 0.145 e. The second-order valence-corrected chi connectivity index (χ2v) is 17.5. The van der Waals surface area contributed by atoms with Crippen LogP contribution in [0.25, 0.3) is 109 Å². The molecule has 0 radical (unpaired) electrons. The molecule has 0 bridgehead atoms. The fourth-order valence-electron chi connectivity index (χ4n) is 9.63. The van der Waals surface area contributed by atoms with Crippen molar-refractivity contribution in [2.45, 2.75) is 0 Å². The molecule has 64 heavy (non-hydrogen) atoms. The van der Waals surface area contributed by atoms with Gasteiger partial charge in [-0.1, -0.05) is 152 Å². The lowest BCUT2D eigenvalue weighted by Gasteiger charge is -2.28. The van der Waals surface area contributed by atoms with E-state index in [4.69, 9.17) is 8.83 Å². The maximum atomic E-state index is 7.13. The minimum Gasteiger partial charge on any atom is -0.456 e. The Balaban J connectivity index is 1.15. The summed E-state index contributed by atoms with van der Waals surface area (Å²) in [5.74, 6) is 0. The summed E-state index contributed by atoms with van der Waals surface area (Å²) in [5, 5.41) is 6.67. The Morgan fingerprint density at radius 3 is 1.53 bits per heavy atom. The zero-order valence-corrected chi connectivity index (χ0v) is 35.4. The Bertz CT molecular complexity index is 3890. The first-order valence-electron chi connectivity index (χ1n) is 21.6. The minimum absolute atomic E-state index is 0.824. The van der Waals surface area contributed by atoms with Gasteiger partial charge in [-0.25, -0.2) is 0 Å². The Morgan fingerprint density at radius 2 is 0.859 bits per heavy atom. The van der Waals surface area contributed by atoms with Crippen molar-refractivity contribution in [1.82, 2.24) is 0 Å². The van der Waals surface area contributed by atoms with E-state index >= 15 is 0 Å². The smallest absolute Gasteiger partial charge is 0.145 e. The molecule has 0 amide bonds. The monoisotopic (exact) mass is 835 g/mol. The lowest BCUT2D eigenvalue weighted by Crippen LogP contribution is -2.11. The highest BCUT2D eigenvalue weighted by Crippen LogP contribution is 2.51. The molecule has 3 nitrogen and oxygen atoms in total. The quantitative estimate of drug-likeness (QED) is 0.160. The standard InChI is InChI=1S/C60H37NO2S/c1-5-15-38(16-6-1)42-25-28-48-53(34-42)62-55-36-44(40-19-9-3-10-20-40)33-52(58(48)55)61(45-27-32-57-50(37-45)47-23-13-14-24-56(47)64-57)51-31-30-46(41-21-11-4-12-22-41)60-59(51)49-29-26-43(35-54(49)63-60)39-17-7-2-8-18-39/h1-37H. The van der Waals surface area contributed by atoms with Gasteiger partial charge in [-0.2, -0.15) is 0 Å². The molecular formula is C60H37NO2S. The molecule has 300 valence electrons. The first-order valence-corrected chi connectivity index (χ1v) is 22.5. The van der Waals surface area contributed by atoms with Gasteiger partial charge in [0.2, 0.25) is 0 Å². The van der Waals surface area contributed by atoms with Gasteiger partial charge in [-0.05, 0) is 112 Å². The second kappa shape index (κ2) is 14.7. The number of anilines is 3. The number of rotatable bonds is 7. The number of nitrogens with zero attached hydrogens (tertiary/aromatic N) is 1. The predicted octanol–water partition coefficient (Wildman–Crippen LogP) is 18.0. The normalized spacial score (nSPS) is 11.8. The van der Waals surface area contributed by atoms with Crippen LogP contribution in [-0.4, -0.2) is 0 Å². The lowest BCUT2D eigenvalue weighted by molar-refractivity contribution is 0.669. The van der Waals surface area contributed by atoms with Crippen LogP contribution in [0, 0.1) is 0 Å². The average molecular weight is 836 g/mol. The number of benzene rings is 10. The van der Waals surface area contributed by atoms with Gasteiger partial charge in [-0.15, -0.1) is 11.3 Å². The first-order chi connectivity index (χ1) is 31.7. The van der Waals surface area contributed by atoms with Gasteiger partial charge in [0.1, 0.15) is 22.3 Å². The van der Waals surface area contributed by atoms with Gasteiger partial charge >= 0.3 is 0 Å². The van der Waals surface area contributed by atoms with Crippen LogP contribution in [0.3, 0.4) is 0 Å². The lowest BCUT2D eigenvalue weighted by atomic mass is 9.97. The van der Waals surface area contributed by atoms with Crippen molar-refractivity contribution in [3.05, 3.63) is 224 Å². The third-order valence-electron chi connectivity index (χ3n) is 12.7. The summed E-state index contributed by atoms with van der Waals surface area (Å²) in [6, 6.07) is 80.3. The maximum absolute atomic E-state index is 7.13. The van der Waals surface area contributed by atoms with Crippen LogP contribution in [0.2, 0.25) is 0 Å². The van der Waals surface area contributed by atoms with E-state index in [9.17, 15) is 0 Å². The summed E-state index contributed by atoms with van der Waals surface area (Å²) in [4.78, 5) is 2.46. The van der Waals surface area contributed by atoms with Gasteiger partial charge < -0.3 is 13.7 Å². The van der Waals surface area contributed by atoms with Crippen LogP contribution in [0.15, 0.2) is 233 Å². The molecule has 10 aromatic carbocycles. The first kappa shape index (κ1) is 36.5. The zero-order chi connectivity index (χ0) is 42.1. The molecule has 3 heterocycles. The third-order valence-corrected chi connectivity index (χ3v) is 13.8. The molecule has 0 aliphatic carbocycles. The van der Waals surface area contributed by atoms with Crippen molar-refractivity contribution >= 4 is 92.4 Å². The summed E-state index contributed by atoms with van der Waals surface area (Å²) in [7, 11) is 0. The average Bonchev–Trinajstić information content (AvgIpc) is 4.06. The van der Waals surface area contributed by atoms with Crippen LogP contribution >= 0.6 is 11.3 Å². The second-order valence-electron chi connectivity index (χ2n) is 16.4. The van der Waals surface area contributed by atoms with E-state index in [1.807, 2.05) is 11.3 Å². The molecule has 0 saturated carbocycles. The molecule has 0 atom stereocenters. The van der Waals surface area contributed by atoms with Crippen molar-refractivity contribution in [2.75, 3.05) is 4.90 Å². The molecule has 0 saturated heterocycles. The summed E-state index contributed by atoms with van der Waals surface area (Å²) in [5.41, 5.74) is 15.3. The zero-order valence-electron chi connectivity index (χ0n) is 34.5. The van der Waals surface area contributed by atoms with E-state index in [0.717, 1.165) is 105 Å². The van der Waals surface area contributed by atoms with E-state index in [1.54, 1.807) is 0 Å². The summed E-state index contributed by atoms with van der Waals surface area (Å²) < 4.78 is 16.6. The van der Waals surface area contributed by atoms with Gasteiger partial charge in [0, 0.05) is 42.2 Å². The Kier molecular flexibility index (Phi) is 8.40. The van der Waals surface area contributed by atoms with Crippen molar-refractivity contribution in [3.8, 4) is 44.5 Å². The molecule has 0 aliphatic heterocycles. The molecule has 0 aliphatic rings. The van der Waals surface area contributed by atoms with Crippen molar-refractivity contribution in [1.29, 1.82) is 0 Å². The van der Waals surface area contributed by atoms with Crippen molar-refractivity contribution in [3.63, 3.8) is 0 Å². The van der Waals surface area contributed by atoms with Gasteiger partial charge in [0.05, 0.1) is 22.1 Å². The Hall–Kier alpha value is -8.18. The van der Waals surface area contributed by atoms with Crippen LogP contribution in [0.1, 0.15) is 0 Å². The van der Waals surface area contributed by atoms with E-state index in [0.29, 0.717) is 0 Å². The number of fused-ring (bicyclic) bond motifs is 9. The number of hydrogen-bond donors (Lipinski definition) is 0. The van der Waals surface area contributed by atoms with Gasteiger partial charge in [0.25, 0.3) is 0 Å². The van der Waals surface area contributed by atoms with Crippen LogP contribution in [0.4, 0.5) is 17.1 Å². The summed E-state index contributed by atoms with van der Waals surface area (Å²) in [6.45, 7) is 0. The van der Waals surface area contributed by atoms with Crippen LogP contribution < -0.4 is 4.90 Å². The molecule has 4 heteroatoms. The fourth-order valence-corrected chi connectivity index (χ4v) is 10.7. The van der Waals surface area contributed by atoms with E-state index in [1.165, 1.54) is 20.2 Å². The Morgan fingerprint density at radius 1 is 0.312 bits per heavy atom. The van der Waals surface area contributed by atoms with Crippen LogP contribution in [-0.2, 0) is 0 Å². The Labute approximate surface area is 373 Å². The fraction of sp³-hybridized carbons (Fsp3) is 0. The molecule has 0 N–H and O–H groups in total. The van der Waals surface area contributed by atoms with E-state index in [2.05, 4.69) is 229 Å². The van der Waals surface area contributed by atoms with Crippen molar-refractivity contribution in [2.24, 2.45) is 0 Å². The molecule has 0 unspecified atom stereocenters. The van der Waals surface area contributed by atoms with Gasteiger partial charge in [0.15, 0.2) is 0 Å².